The fourth-order valence-electron chi connectivity index (χ4n) is 2.96. The Bertz CT molecular complexity index is 988. The van der Waals surface area contributed by atoms with Crippen LogP contribution in [0.2, 0.25) is 0 Å². The number of aryl methyl sites for hydroxylation is 1. The minimum Gasteiger partial charge on any atom is -0.364 e. The number of rotatable bonds is 6. The summed E-state index contributed by atoms with van der Waals surface area (Å²) in [7, 11) is 2.02. The van der Waals surface area contributed by atoms with E-state index in [9.17, 15) is 10.1 Å². The smallest absolute Gasteiger partial charge is 0.255 e. The molecule has 28 heavy (non-hydrogen) atoms. The van der Waals surface area contributed by atoms with E-state index in [1.165, 1.54) is 0 Å². The molecular formula is C22H22N4O2. The monoisotopic (exact) mass is 374 g/mol. The highest BCUT2D eigenvalue weighted by atomic mass is 16.5. The maximum absolute atomic E-state index is 12.5. The van der Waals surface area contributed by atoms with E-state index in [1.54, 1.807) is 24.5 Å². The lowest BCUT2D eigenvalue weighted by atomic mass is 10.1. The van der Waals surface area contributed by atoms with E-state index in [1.807, 2.05) is 44.3 Å². The molecule has 0 saturated heterocycles. The second kappa shape index (κ2) is 8.51. The number of aromatic nitrogens is 1. The fraction of sp³-hybridized carbons (Fsp3) is 0.227. The predicted octanol–water partition coefficient (Wildman–Crippen LogP) is 4.30. The Morgan fingerprint density at radius 1 is 1.25 bits per heavy atom. The Hall–Kier alpha value is -3.43. The molecule has 0 saturated carbocycles. The number of amides is 1. The van der Waals surface area contributed by atoms with Gasteiger partial charge in [-0.05, 0) is 50.2 Å². The van der Waals surface area contributed by atoms with Gasteiger partial charge in [-0.3, -0.25) is 9.69 Å². The first-order valence-corrected chi connectivity index (χ1v) is 9.00. The maximum Gasteiger partial charge on any atom is 0.255 e. The summed E-state index contributed by atoms with van der Waals surface area (Å²) in [5.74, 6) is -0.238. The highest BCUT2D eigenvalue weighted by Crippen LogP contribution is 2.21. The first-order valence-electron chi connectivity index (χ1n) is 9.00. The number of hydrogen-bond acceptors (Lipinski definition) is 5. The van der Waals surface area contributed by atoms with Gasteiger partial charge in [-0.2, -0.15) is 5.26 Å². The normalized spacial score (nSPS) is 11.8. The molecular weight excluding hydrogens is 352 g/mol. The Morgan fingerprint density at radius 2 is 2.00 bits per heavy atom. The van der Waals surface area contributed by atoms with Crippen LogP contribution >= 0.6 is 0 Å². The molecule has 1 N–H and O–H groups in total. The standard InChI is InChI=1S/C22H22N4O2/c1-15-5-4-6-21(19(15)13-23)24-22(27)18-9-7-17(8-10-18)14-26(3)16(2)20-11-12-28-25-20/h4-12,16H,14H2,1-3H3,(H,24,27)/t16-/m0/s1. The summed E-state index contributed by atoms with van der Waals surface area (Å²) in [5, 5.41) is 16.1. The number of nitriles is 1. The highest BCUT2D eigenvalue weighted by molar-refractivity contribution is 6.05. The van der Waals surface area contributed by atoms with Gasteiger partial charge in [0.25, 0.3) is 5.91 Å². The number of carbonyl (C=O) groups excluding carboxylic acids is 1. The molecule has 1 atom stereocenters. The van der Waals surface area contributed by atoms with Crippen LogP contribution < -0.4 is 5.32 Å². The number of anilines is 1. The van der Waals surface area contributed by atoms with Gasteiger partial charge < -0.3 is 9.84 Å². The third-order valence-electron chi connectivity index (χ3n) is 4.83. The van der Waals surface area contributed by atoms with Crippen LogP contribution in [-0.4, -0.2) is 23.0 Å². The maximum atomic E-state index is 12.5. The van der Waals surface area contributed by atoms with Crippen LogP contribution in [0, 0.1) is 18.3 Å². The number of nitrogens with one attached hydrogen (secondary N) is 1. The van der Waals surface area contributed by atoms with Gasteiger partial charge in [-0.15, -0.1) is 0 Å². The average Bonchev–Trinajstić information content (AvgIpc) is 3.23. The van der Waals surface area contributed by atoms with Crippen LogP contribution in [0.1, 0.15) is 45.7 Å². The molecule has 0 spiro atoms. The van der Waals surface area contributed by atoms with E-state index in [0.29, 0.717) is 23.4 Å². The van der Waals surface area contributed by atoms with Gasteiger partial charge in [0.05, 0.1) is 17.3 Å². The van der Waals surface area contributed by atoms with Crippen molar-refractivity contribution in [1.82, 2.24) is 10.1 Å². The van der Waals surface area contributed by atoms with Gasteiger partial charge in [-0.25, -0.2) is 0 Å². The van der Waals surface area contributed by atoms with Crippen molar-refractivity contribution in [2.24, 2.45) is 0 Å². The lowest BCUT2D eigenvalue weighted by Crippen LogP contribution is -2.22. The molecule has 3 aromatic rings. The number of hydrogen-bond donors (Lipinski definition) is 1. The Balaban J connectivity index is 1.66. The molecule has 0 aliphatic carbocycles. The molecule has 6 nitrogen and oxygen atoms in total. The number of benzene rings is 2. The summed E-state index contributed by atoms with van der Waals surface area (Å²) in [6, 6.07) is 17.0. The first kappa shape index (κ1) is 19.3. The molecule has 0 aliphatic rings. The molecule has 3 rings (SSSR count). The molecule has 0 bridgehead atoms. The lowest BCUT2D eigenvalue weighted by Gasteiger charge is -2.22. The predicted molar refractivity (Wildman–Crippen MR) is 107 cm³/mol. The van der Waals surface area contributed by atoms with Crippen molar-refractivity contribution in [2.45, 2.75) is 26.4 Å². The molecule has 0 aliphatic heterocycles. The van der Waals surface area contributed by atoms with Gasteiger partial charge in [0.15, 0.2) is 0 Å². The molecule has 0 fully saturated rings. The number of nitrogens with zero attached hydrogens (tertiary/aromatic N) is 3. The molecule has 0 radical (unpaired) electrons. The van der Waals surface area contributed by atoms with Crippen LogP contribution in [0.4, 0.5) is 5.69 Å². The Kier molecular flexibility index (Phi) is 5.87. The molecule has 1 amide bonds. The largest absolute Gasteiger partial charge is 0.364 e. The van der Waals surface area contributed by atoms with Crippen LogP contribution in [0.25, 0.3) is 0 Å². The van der Waals surface area contributed by atoms with Crippen molar-refractivity contribution in [3.8, 4) is 6.07 Å². The van der Waals surface area contributed by atoms with Gasteiger partial charge >= 0.3 is 0 Å². The fourth-order valence-corrected chi connectivity index (χ4v) is 2.96. The summed E-state index contributed by atoms with van der Waals surface area (Å²) in [6.45, 7) is 4.63. The molecule has 1 heterocycles. The van der Waals surface area contributed by atoms with Crippen molar-refractivity contribution in [3.63, 3.8) is 0 Å². The molecule has 2 aromatic carbocycles. The molecule has 142 valence electrons. The summed E-state index contributed by atoms with van der Waals surface area (Å²) in [4.78, 5) is 14.7. The quantitative estimate of drug-likeness (QED) is 0.695. The lowest BCUT2D eigenvalue weighted by molar-refractivity contribution is 0.102. The van der Waals surface area contributed by atoms with Gasteiger partial charge in [0, 0.05) is 18.2 Å². The first-order chi connectivity index (χ1) is 13.5. The minimum atomic E-state index is -0.238. The van der Waals surface area contributed by atoms with Crippen molar-refractivity contribution in [2.75, 3.05) is 12.4 Å². The van der Waals surface area contributed by atoms with E-state index in [2.05, 4.69) is 28.4 Å². The zero-order chi connectivity index (χ0) is 20.1. The van der Waals surface area contributed by atoms with Gasteiger partial charge in [0.1, 0.15) is 18.0 Å². The topological polar surface area (TPSA) is 82.2 Å². The number of carbonyl (C=O) groups is 1. The van der Waals surface area contributed by atoms with Gasteiger partial charge in [-0.1, -0.05) is 29.4 Å². The third-order valence-corrected chi connectivity index (χ3v) is 4.83. The van der Waals surface area contributed by atoms with Crippen molar-refractivity contribution < 1.29 is 9.32 Å². The van der Waals surface area contributed by atoms with E-state index < -0.39 is 0 Å². The average molecular weight is 374 g/mol. The summed E-state index contributed by atoms with van der Waals surface area (Å²) in [5.41, 5.74) is 4.35. The van der Waals surface area contributed by atoms with E-state index in [4.69, 9.17) is 4.52 Å². The zero-order valence-electron chi connectivity index (χ0n) is 16.1. The Morgan fingerprint density at radius 3 is 2.64 bits per heavy atom. The van der Waals surface area contributed by atoms with Crippen LogP contribution in [-0.2, 0) is 6.54 Å². The van der Waals surface area contributed by atoms with Crippen LogP contribution in [0.15, 0.2) is 59.3 Å². The molecule has 0 unspecified atom stereocenters. The van der Waals surface area contributed by atoms with Gasteiger partial charge in [0.2, 0.25) is 0 Å². The van der Waals surface area contributed by atoms with E-state index >= 15 is 0 Å². The van der Waals surface area contributed by atoms with Crippen LogP contribution in [0.3, 0.4) is 0 Å². The summed E-state index contributed by atoms with van der Waals surface area (Å²) in [6.07, 6.45) is 1.57. The summed E-state index contributed by atoms with van der Waals surface area (Å²) < 4.78 is 4.91. The minimum absolute atomic E-state index is 0.118. The van der Waals surface area contributed by atoms with Crippen molar-refractivity contribution in [1.29, 1.82) is 5.26 Å². The molecule has 6 heteroatoms. The zero-order valence-corrected chi connectivity index (χ0v) is 16.1. The second-order valence-corrected chi connectivity index (χ2v) is 6.78. The Labute approximate surface area is 164 Å². The summed E-state index contributed by atoms with van der Waals surface area (Å²) >= 11 is 0. The second-order valence-electron chi connectivity index (χ2n) is 6.78. The van der Waals surface area contributed by atoms with Crippen molar-refractivity contribution in [3.05, 3.63) is 82.7 Å². The van der Waals surface area contributed by atoms with E-state index in [0.717, 1.165) is 16.8 Å². The SMILES string of the molecule is Cc1cccc(NC(=O)c2ccc(CN(C)[C@@H](C)c3ccon3)cc2)c1C#N. The van der Waals surface area contributed by atoms with Crippen molar-refractivity contribution >= 4 is 11.6 Å². The highest BCUT2D eigenvalue weighted by Gasteiger charge is 2.15. The van der Waals surface area contributed by atoms with E-state index in [-0.39, 0.29) is 11.9 Å². The molecule has 1 aromatic heterocycles. The van der Waals surface area contributed by atoms with Crippen LogP contribution in [0.5, 0.6) is 0 Å². The third kappa shape index (κ3) is 4.27.